The molecule has 0 bridgehead atoms. The van der Waals surface area contributed by atoms with Crippen molar-refractivity contribution in [3.63, 3.8) is 0 Å². The second kappa shape index (κ2) is 3.29. The van der Waals surface area contributed by atoms with Crippen molar-refractivity contribution in [3.8, 4) is 0 Å². The van der Waals surface area contributed by atoms with Gasteiger partial charge in [0.2, 0.25) is 0 Å². The van der Waals surface area contributed by atoms with Gasteiger partial charge in [-0.25, -0.2) is 4.98 Å². The van der Waals surface area contributed by atoms with Crippen molar-refractivity contribution in [2.45, 2.75) is 51.6 Å². The summed E-state index contributed by atoms with van der Waals surface area (Å²) in [6, 6.07) is 0.799. The largest absolute Gasteiger partial charge is 0.309 e. The molecule has 2 aliphatic rings. The lowest BCUT2D eigenvalue weighted by atomic mass is 10.1. The molecule has 0 radical (unpaired) electrons. The summed E-state index contributed by atoms with van der Waals surface area (Å²) >= 11 is 1.90. The van der Waals surface area contributed by atoms with E-state index < -0.39 is 0 Å². The fourth-order valence-electron chi connectivity index (χ4n) is 1.99. The van der Waals surface area contributed by atoms with Crippen molar-refractivity contribution in [3.05, 3.63) is 16.1 Å². The van der Waals surface area contributed by atoms with Crippen molar-refractivity contribution < 1.29 is 0 Å². The van der Waals surface area contributed by atoms with Crippen LogP contribution >= 0.6 is 11.3 Å². The Labute approximate surface area is 95.1 Å². The maximum Gasteiger partial charge on any atom is 0.0964 e. The Bertz CT molecular complexity index is 365. The molecule has 3 rings (SSSR count). The van der Waals surface area contributed by atoms with E-state index in [4.69, 9.17) is 0 Å². The highest BCUT2D eigenvalue weighted by atomic mass is 32.1. The molecule has 2 aliphatic carbocycles. The quantitative estimate of drug-likeness (QED) is 0.847. The summed E-state index contributed by atoms with van der Waals surface area (Å²) in [5.41, 5.74) is 0.513. The summed E-state index contributed by atoms with van der Waals surface area (Å²) in [6.07, 6.45) is 6.10. The first-order chi connectivity index (χ1) is 7.15. The van der Waals surface area contributed by atoms with Gasteiger partial charge in [0.25, 0.3) is 0 Å². The van der Waals surface area contributed by atoms with E-state index in [1.165, 1.54) is 29.1 Å². The Hall–Kier alpha value is -0.410. The van der Waals surface area contributed by atoms with Crippen LogP contribution in [0.2, 0.25) is 0 Å². The topological polar surface area (TPSA) is 24.9 Å². The van der Waals surface area contributed by atoms with Gasteiger partial charge in [0, 0.05) is 29.6 Å². The van der Waals surface area contributed by atoms with E-state index in [0.29, 0.717) is 5.41 Å². The van der Waals surface area contributed by atoms with Crippen LogP contribution in [-0.4, -0.2) is 11.0 Å². The number of nitrogens with one attached hydrogen (secondary N) is 1. The Balaban J connectivity index is 1.60. The highest BCUT2D eigenvalue weighted by Crippen LogP contribution is 2.59. The van der Waals surface area contributed by atoms with Gasteiger partial charge in [0.1, 0.15) is 0 Å². The van der Waals surface area contributed by atoms with E-state index in [1.54, 1.807) is 0 Å². The molecule has 1 aromatic rings. The smallest absolute Gasteiger partial charge is 0.0964 e. The zero-order valence-corrected chi connectivity index (χ0v) is 10.2. The van der Waals surface area contributed by atoms with Crippen molar-refractivity contribution in [2.75, 3.05) is 0 Å². The van der Waals surface area contributed by atoms with Crippen molar-refractivity contribution in [2.24, 2.45) is 5.41 Å². The van der Waals surface area contributed by atoms with Crippen LogP contribution in [-0.2, 0) is 6.54 Å². The van der Waals surface area contributed by atoms with Gasteiger partial charge in [-0.2, -0.15) is 0 Å². The standard InChI is InChI=1S/C12H18N2S/c1-12(2)5-10(12)11-14-7-9(15-11)6-13-8-3-4-8/h7-8,10,13H,3-6H2,1-2H3. The molecule has 0 saturated heterocycles. The lowest BCUT2D eigenvalue weighted by Crippen LogP contribution is -2.14. The minimum Gasteiger partial charge on any atom is -0.309 e. The number of hydrogen-bond acceptors (Lipinski definition) is 3. The molecule has 1 heterocycles. The van der Waals surface area contributed by atoms with Crippen molar-refractivity contribution in [1.29, 1.82) is 0 Å². The van der Waals surface area contributed by atoms with Crippen LogP contribution in [0.1, 0.15) is 48.9 Å². The highest BCUT2D eigenvalue weighted by molar-refractivity contribution is 7.11. The summed E-state index contributed by atoms with van der Waals surface area (Å²) in [4.78, 5) is 5.95. The zero-order valence-electron chi connectivity index (χ0n) is 9.42. The molecule has 1 N–H and O–H groups in total. The third kappa shape index (κ3) is 2.08. The molecule has 1 unspecified atom stereocenters. The minimum atomic E-state index is 0.513. The first kappa shape index (κ1) is 9.79. The van der Waals surface area contributed by atoms with Crippen LogP contribution < -0.4 is 5.32 Å². The van der Waals surface area contributed by atoms with Crippen LogP contribution in [0.15, 0.2) is 6.20 Å². The Morgan fingerprint density at radius 2 is 2.27 bits per heavy atom. The first-order valence-electron chi connectivity index (χ1n) is 5.83. The Morgan fingerprint density at radius 3 is 2.87 bits per heavy atom. The number of thiazole rings is 1. The van der Waals surface area contributed by atoms with E-state index in [1.807, 2.05) is 11.3 Å². The maximum atomic E-state index is 4.55. The molecular weight excluding hydrogens is 204 g/mol. The fraction of sp³-hybridized carbons (Fsp3) is 0.750. The second-order valence-corrected chi connectivity index (χ2v) is 6.71. The molecule has 0 aromatic carbocycles. The summed E-state index contributed by atoms with van der Waals surface area (Å²) in [7, 11) is 0. The molecule has 2 saturated carbocycles. The average molecular weight is 222 g/mol. The lowest BCUT2D eigenvalue weighted by Gasteiger charge is -1.98. The van der Waals surface area contributed by atoms with E-state index >= 15 is 0 Å². The van der Waals surface area contributed by atoms with Crippen LogP contribution in [0.3, 0.4) is 0 Å². The summed E-state index contributed by atoms with van der Waals surface area (Å²) in [5.74, 6) is 0.733. The fourth-order valence-corrected chi connectivity index (χ4v) is 3.17. The monoisotopic (exact) mass is 222 g/mol. The van der Waals surface area contributed by atoms with E-state index in [-0.39, 0.29) is 0 Å². The van der Waals surface area contributed by atoms with Crippen molar-refractivity contribution >= 4 is 11.3 Å². The van der Waals surface area contributed by atoms with Gasteiger partial charge in [-0.15, -0.1) is 11.3 Å². The van der Waals surface area contributed by atoms with Crippen LogP contribution in [0, 0.1) is 5.41 Å². The molecule has 2 fully saturated rings. The van der Waals surface area contributed by atoms with E-state index in [0.717, 1.165) is 18.5 Å². The van der Waals surface area contributed by atoms with Crippen LogP contribution in [0.5, 0.6) is 0 Å². The molecule has 0 spiro atoms. The number of rotatable bonds is 4. The molecule has 0 amide bonds. The van der Waals surface area contributed by atoms with Gasteiger partial charge in [0.15, 0.2) is 0 Å². The van der Waals surface area contributed by atoms with E-state index in [9.17, 15) is 0 Å². The molecule has 82 valence electrons. The van der Waals surface area contributed by atoms with Gasteiger partial charge in [-0.05, 0) is 24.7 Å². The molecule has 1 atom stereocenters. The molecule has 0 aliphatic heterocycles. The molecule has 15 heavy (non-hydrogen) atoms. The molecular formula is C12H18N2S. The minimum absolute atomic E-state index is 0.513. The highest BCUT2D eigenvalue weighted by Gasteiger charge is 2.48. The third-order valence-electron chi connectivity index (χ3n) is 3.53. The molecule has 1 aromatic heterocycles. The maximum absolute atomic E-state index is 4.55. The predicted molar refractivity (Wildman–Crippen MR) is 63.1 cm³/mol. The Morgan fingerprint density at radius 1 is 1.53 bits per heavy atom. The van der Waals surface area contributed by atoms with E-state index in [2.05, 4.69) is 30.3 Å². The SMILES string of the molecule is CC1(C)CC1c1ncc(CNC2CC2)s1. The predicted octanol–water partition coefficient (Wildman–Crippen LogP) is 2.91. The number of nitrogens with zero attached hydrogens (tertiary/aromatic N) is 1. The number of hydrogen-bond donors (Lipinski definition) is 1. The second-order valence-electron chi connectivity index (χ2n) is 5.57. The average Bonchev–Trinajstić information content (AvgIpc) is 3.06. The first-order valence-corrected chi connectivity index (χ1v) is 6.65. The third-order valence-corrected chi connectivity index (χ3v) is 4.64. The van der Waals surface area contributed by atoms with Crippen molar-refractivity contribution in [1.82, 2.24) is 10.3 Å². The Kier molecular flexibility index (Phi) is 2.15. The molecule has 3 heteroatoms. The summed E-state index contributed by atoms with van der Waals surface area (Å²) in [5, 5.41) is 4.89. The van der Waals surface area contributed by atoms with Gasteiger partial charge < -0.3 is 5.32 Å². The molecule has 2 nitrogen and oxygen atoms in total. The normalized spacial score (nSPS) is 28.0. The van der Waals surface area contributed by atoms with Crippen LogP contribution in [0.25, 0.3) is 0 Å². The summed E-state index contributed by atoms with van der Waals surface area (Å²) in [6.45, 7) is 5.69. The van der Waals surface area contributed by atoms with Crippen LogP contribution in [0.4, 0.5) is 0 Å². The lowest BCUT2D eigenvalue weighted by molar-refractivity contribution is 0.620. The van der Waals surface area contributed by atoms with Gasteiger partial charge >= 0.3 is 0 Å². The summed E-state index contributed by atoms with van der Waals surface area (Å²) < 4.78 is 0. The van der Waals surface area contributed by atoms with Gasteiger partial charge in [-0.1, -0.05) is 13.8 Å². The number of aromatic nitrogens is 1. The van der Waals surface area contributed by atoms with Gasteiger partial charge in [0.05, 0.1) is 5.01 Å². The zero-order chi connectivity index (χ0) is 10.5. The van der Waals surface area contributed by atoms with Gasteiger partial charge in [-0.3, -0.25) is 0 Å².